The predicted molar refractivity (Wildman–Crippen MR) is 90.1 cm³/mol. The molecule has 1 amide bonds. The number of carbonyl (C=O) groups excluding carboxylic acids is 1. The van der Waals surface area contributed by atoms with Crippen molar-refractivity contribution in [3.05, 3.63) is 54.1 Å². The second-order valence-corrected chi connectivity index (χ2v) is 6.14. The topological polar surface area (TPSA) is 58.1 Å². The summed E-state index contributed by atoms with van der Waals surface area (Å²) in [5.74, 6) is 0.598. The van der Waals surface area contributed by atoms with Crippen molar-refractivity contribution in [1.82, 2.24) is 14.9 Å². The Kier molecular flexibility index (Phi) is 4.86. The minimum atomic E-state index is 0.0292. The van der Waals surface area contributed by atoms with Gasteiger partial charge in [0.15, 0.2) is 0 Å². The number of anilines is 1. The largest absolute Gasteiger partial charge is 0.381 e. The number of hydrogen-bond acceptors (Lipinski definition) is 4. The van der Waals surface area contributed by atoms with Crippen molar-refractivity contribution in [2.75, 3.05) is 18.4 Å². The number of aromatic nitrogens is 2. The van der Waals surface area contributed by atoms with Crippen molar-refractivity contribution in [2.45, 2.75) is 26.3 Å². The average Bonchev–Trinajstić information content (AvgIpc) is 2.60. The molecule has 3 rings (SSSR count). The zero-order valence-electron chi connectivity index (χ0n) is 13.4. The van der Waals surface area contributed by atoms with Crippen molar-refractivity contribution < 1.29 is 4.79 Å². The van der Waals surface area contributed by atoms with Crippen LogP contribution in [-0.4, -0.2) is 33.9 Å². The van der Waals surface area contributed by atoms with Crippen molar-refractivity contribution in [1.29, 1.82) is 0 Å². The van der Waals surface area contributed by atoms with E-state index in [0.29, 0.717) is 18.2 Å². The van der Waals surface area contributed by atoms with Gasteiger partial charge in [-0.1, -0.05) is 13.0 Å². The van der Waals surface area contributed by atoms with E-state index in [0.717, 1.165) is 30.8 Å². The van der Waals surface area contributed by atoms with E-state index >= 15 is 0 Å². The lowest BCUT2D eigenvalue weighted by Gasteiger charge is -2.30. The molecular formula is C18H22N4O. The van der Waals surface area contributed by atoms with Crippen molar-refractivity contribution in [3.8, 4) is 0 Å². The molecule has 1 aliphatic rings. The molecule has 1 atom stereocenters. The number of likely N-dealkylation sites (tertiary alicyclic amines) is 1. The normalized spacial score (nSPS) is 17.8. The summed E-state index contributed by atoms with van der Waals surface area (Å²) in [5, 5.41) is 3.32. The summed E-state index contributed by atoms with van der Waals surface area (Å²) in [6.07, 6.45) is 7.55. The van der Waals surface area contributed by atoms with Gasteiger partial charge in [-0.25, -0.2) is 0 Å². The highest BCUT2D eigenvalue weighted by molar-refractivity contribution is 5.93. The van der Waals surface area contributed by atoms with Crippen LogP contribution in [0.2, 0.25) is 0 Å². The average molecular weight is 310 g/mol. The molecule has 1 saturated heterocycles. The molecule has 23 heavy (non-hydrogen) atoms. The van der Waals surface area contributed by atoms with E-state index in [1.54, 1.807) is 12.4 Å². The summed E-state index contributed by atoms with van der Waals surface area (Å²) in [4.78, 5) is 22.9. The number of pyridine rings is 2. The minimum Gasteiger partial charge on any atom is -0.381 e. The van der Waals surface area contributed by atoms with Crippen LogP contribution in [0.25, 0.3) is 0 Å². The number of piperidine rings is 1. The number of amides is 1. The lowest BCUT2D eigenvalue weighted by Crippen LogP contribution is -2.39. The number of rotatable bonds is 4. The quantitative estimate of drug-likeness (QED) is 0.943. The summed E-state index contributed by atoms with van der Waals surface area (Å²) in [7, 11) is 0. The number of nitrogens with zero attached hydrogens (tertiary/aromatic N) is 3. The van der Waals surface area contributed by atoms with Crippen molar-refractivity contribution >= 4 is 11.6 Å². The fraction of sp³-hybridized carbons (Fsp3) is 0.389. The van der Waals surface area contributed by atoms with E-state index in [4.69, 9.17) is 0 Å². The Balaban J connectivity index is 1.66. The van der Waals surface area contributed by atoms with Gasteiger partial charge >= 0.3 is 0 Å². The van der Waals surface area contributed by atoms with E-state index in [1.807, 2.05) is 35.4 Å². The van der Waals surface area contributed by atoms with Gasteiger partial charge in [-0.05, 0) is 42.5 Å². The van der Waals surface area contributed by atoms with E-state index in [9.17, 15) is 4.79 Å². The zero-order chi connectivity index (χ0) is 16.1. The molecule has 0 spiro atoms. The van der Waals surface area contributed by atoms with Gasteiger partial charge < -0.3 is 10.2 Å². The highest BCUT2D eigenvalue weighted by atomic mass is 16.2. The van der Waals surface area contributed by atoms with Crippen molar-refractivity contribution in [3.63, 3.8) is 0 Å². The molecule has 0 bridgehead atoms. The fourth-order valence-corrected chi connectivity index (χ4v) is 2.90. The molecule has 1 fully saturated rings. The molecule has 1 unspecified atom stereocenters. The van der Waals surface area contributed by atoms with Gasteiger partial charge in [0, 0.05) is 43.9 Å². The van der Waals surface area contributed by atoms with E-state index in [2.05, 4.69) is 22.2 Å². The van der Waals surface area contributed by atoms with Crippen LogP contribution in [0, 0.1) is 5.92 Å². The van der Waals surface area contributed by atoms with Crippen LogP contribution in [0.3, 0.4) is 0 Å². The molecular weight excluding hydrogens is 288 g/mol. The summed E-state index contributed by atoms with van der Waals surface area (Å²) < 4.78 is 0. The third-order valence-corrected chi connectivity index (χ3v) is 4.14. The summed E-state index contributed by atoms with van der Waals surface area (Å²) >= 11 is 0. The molecule has 0 aliphatic carbocycles. The van der Waals surface area contributed by atoms with Gasteiger partial charge in [-0.15, -0.1) is 0 Å². The monoisotopic (exact) mass is 310 g/mol. The molecule has 0 radical (unpaired) electrons. The minimum absolute atomic E-state index is 0.0292. The van der Waals surface area contributed by atoms with Gasteiger partial charge in [0.25, 0.3) is 5.91 Å². The number of carbonyl (C=O) groups is 1. The fourth-order valence-electron chi connectivity index (χ4n) is 2.90. The highest BCUT2D eigenvalue weighted by Crippen LogP contribution is 2.18. The van der Waals surface area contributed by atoms with Crippen LogP contribution in [-0.2, 0) is 6.54 Å². The van der Waals surface area contributed by atoms with E-state index in [1.165, 1.54) is 6.42 Å². The predicted octanol–water partition coefficient (Wildman–Crippen LogP) is 2.96. The molecule has 0 saturated carbocycles. The standard InChI is InChI=1S/C18H22N4O/c1-14-4-3-9-22(13-14)18(23)17-10-16(6-8-20-17)21-12-15-5-2-7-19-11-15/h2,5-8,10-11,14H,3-4,9,12-13H2,1H3,(H,20,21). The molecule has 1 N–H and O–H groups in total. The third kappa shape index (κ3) is 4.06. The Morgan fingerprint density at radius 1 is 1.39 bits per heavy atom. The molecule has 120 valence electrons. The first-order chi connectivity index (χ1) is 11.2. The van der Waals surface area contributed by atoms with Gasteiger partial charge in [0.1, 0.15) is 5.69 Å². The first-order valence-corrected chi connectivity index (χ1v) is 8.10. The Morgan fingerprint density at radius 2 is 2.30 bits per heavy atom. The third-order valence-electron chi connectivity index (χ3n) is 4.14. The molecule has 0 aromatic carbocycles. The Morgan fingerprint density at radius 3 is 3.09 bits per heavy atom. The number of nitrogens with one attached hydrogen (secondary N) is 1. The lowest BCUT2D eigenvalue weighted by molar-refractivity contribution is 0.0677. The second kappa shape index (κ2) is 7.22. The molecule has 2 aromatic rings. The Labute approximate surface area is 136 Å². The molecule has 2 aromatic heterocycles. The van der Waals surface area contributed by atoms with Gasteiger partial charge in [-0.3, -0.25) is 14.8 Å². The smallest absolute Gasteiger partial charge is 0.272 e. The van der Waals surface area contributed by atoms with Crippen molar-refractivity contribution in [2.24, 2.45) is 5.92 Å². The summed E-state index contributed by atoms with van der Waals surface area (Å²) in [6.45, 7) is 4.52. The van der Waals surface area contributed by atoms with Gasteiger partial charge in [-0.2, -0.15) is 0 Å². The van der Waals surface area contributed by atoms with Crippen LogP contribution in [0.1, 0.15) is 35.8 Å². The molecule has 3 heterocycles. The zero-order valence-corrected chi connectivity index (χ0v) is 13.4. The summed E-state index contributed by atoms with van der Waals surface area (Å²) in [6, 6.07) is 7.64. The SMILES string of the molecule is CC1CCCN(C(=O)c2cc(NCc3cccnc3)ccn2)C1. The molecule has 1 aliphatic heterocycles. The van der Waals surface area contributed by atoms with E-state index in [-0.39, 0.29) is 5.91 Å². The van der Waals surface area contributed by atoms with E-state index < -0.39 is 0 Å². The first-order valence-electron chi connectivity index (χ1n) is 8.10. The summed E-state index contributed by atoms with van der Waals surface area (Å²) in [5.41, 5.74) is 2.51. The van der Waals surface area contributed by atoms with Gasteiger partial charge in [0.2, 0.25) is 0 Å². The first kappa shape index (κ1) is 15.5. The van der Waals surface area contributed by atoms with Crippen LogP contribution in [0.15, 0.2) is 42.9 Å². The molecule has 5 heteroatoms. The maximum absolute atomic E-state index is 12.6. The van der Waals surface area contributed by atoms with Crippen LogP contribution in [0.4, 0.5) is 5.69 Å². The maximum atomic E-state index is 12.6. The highest BCUT2D eigenvalue weighted by Gasteiger charge is 2.22. The Hall–Kier alpha value is -2.43. The van der Waals surface area contributed by atoms with Crippen LogP contribution >= 0.6 is 0 Å². The lowest BCUT2D eigenvalue weighted by atomic mass is 10.00. The number of hydrogen-bond donors (Lipinski definition) is 1. The maximum Gasteiger partial charge on any atom is 0.272 e. The second-order valence-electron chi connectivity index (χ2n) is 6.14. The van der Waals surface area contributed by atoms with Gasteiger partial charge in [0.05, 0.1) is 0 Å². The van der Waals surface area contributed by atoms with Crippen LogP contribution < -0.4 is 5.32 Å². The Bertz CT molecular complexity index is 659. The molecule has 5 nitrogen and oxygen atoms in total. The van der Waals surface area contributed by atoms with Crippen LogP contribution in [0.5, 0.6) is 0 Å².